The van der Waals surface area contributed by atoms with E-state index >= 15 is 0 Å². The highest BCUT2D eigenvalue weighted by Gasteiger charge is 2.44. The van der Waals surface area contributed by atoms with Crippen LogP contribution in [0.4, 0.5) is 4.39 Å². The molecule has 6 nitrogen and oxygen atoms in total. The van der Waals surface area contributed by atoms with Gasteiger partial charge >= 0.3 is 0 Å². The lowest BCUT2D eigenvalue weighted by atomic mass is 9.96. The first-order valence-electron chi connectivity index (χ1n) is 9.54. The third-order valence-corrected chi connectivity index (χ3v) is 5.29. The summed E-state index contributed by atoms with van der Waals surface area (Å²) in [4.78, 5) is 4.30. The second-order valence-electron chi connectivity index (χ2n) is 7.10. The Morgan fingerprint density at radius 2 is 1.70 bits per heavy atom. The first-order chi connectivity index (χ1) is 14.0. The molecule has 0 aromatic heterocycles. The number of nitrogens with one attached hydrogen (secondary N) is 2. The molecule has 0 aliphatic heterocycles. The van der Waals surface area contributed by atoms with Crippen LogP contribution in [0, 0.1) is 5.82 Å². The summed E-state index contributed by atoms with van der Waals surface area (Å²) in [6.07, 6.45) is 2.07. The van der Waals surface area contributed by atoms with Gasteiger partial charge in [0.05, 0.1) is 21.3 Å². The molecule has 1 aliphatic rings. The van der Waals surface area contributed by atoms with Gasteiger partial charge in [-0.2, -0.15) is 0 Å². The Balaban J connectivity index is 0.00000320. The van der Waals surface area contributed by atoms with Crippen molar-refractivity contribution >= 4 is 29.9 Å². The average Bonchev–Trinajstić information content (AvgIpc) is 3.54. The van der Waals surface area contributed by atoms with Crippen LogP contribution >= 0.6 is 24.0 Å². The van der Waals surface area contributed by atoms with Crippen LogP contribution in [0.1, 0.15) is 24.0 Å². The number of guanidine groups is 1. The predicted molar refractivity (Wildman–Crippen MR) is 127 cm³/mol. The van der Waals surface area contributed by atoms with Gasteiger partial charge in [-0.25, -0.2) is 4.39 Å². The number of nitrogens with zero attached hydrogens (tertiary/aromatic N) is 1. The Morgan fingerprint density at radius 1 is 1.03 bits per heavy atom. The van der Waals surface area contributed by atoms with Gasteiger partial charge < -0.3 is 24.8 Å². The molecule has 0 saturated heterocycles. The highest BCUT2D eigenvalue weighted by molar-refractivity contribution is 14.0. The Labute approximate surface area is 194 Å². The zero-order valence-electron chi connectivity index (χ0n) is 17.8. The Kier molecular flexibility index (Phi) is 8.57. The van der Waals surface area contributed by atoms with Gasteiger partial charge in [0, 0.05) is 25.6 Å². The maximum atomic E-state index is 13.6. The standard InChI is InChI=1S/C22H28FN3O3.HI/c1-24-21(26-14-22(8-9-22)16-6-5-7-17(23)12-16)25-13-15-10-18(27-2)20(29-4)19(11-15)28-3;/h5-7,10-12H,8-9,13-14H2,1-4H3,(H2,24,25,26);1H. The van der Waals surface area contributed by atoms with E-state index in [2.05, 4.69) is 15.6 Å². The third-order valence-electron chi connectivity index (χ3n) is 5.29. The molecule has 30 heavy (non-hydrogen) atoms. The molecule has 0 bridgehead atoms. The number of benzene rings is 2. The molecule has 1 aliphatic carbocycles. The quantitative estimate of drug-likeness (QED) is 0.309. The van der Waals surface area contributed by atoms with E-state index in [4.69, 9.17) is 14.2 Å². The number of ether oxygens (including phenoxy) is 3. The molecular weight excluding hydrogens is 500 g/mol. The lowest BCUT2D eigenvalue weighted by Crippen LogP contribution is -2.40. The van der Waals surface area contributed by atoms with Crippen molar-refractivity contribution < 1.29 is 18.6 Å². The topological polar surface area (TPSA) is 64.1 Å². The van der Waals surface area contributed by atoms with Crippen LogP contribution in [0.5, 0.6) is 17.2 Å². The maximum Gasteiger partial charge on any atom is 0.203 e. The van der Waals surface area contributed by atoms with E-state index in [9.17, 15) is 4.39 Å². The molecule has 0 amide bonds. The number of hydrogen-bond acceptors (Lipinski definition) is 4. The van der Waals surface area contributed by atoms with E-state index in [1.807, 2.05) is 18.2 Å². The second kappa shape index (κ2) is 10.7. The SMILES string of the molecule is CN=C(NCc1cc(OC)c(OC)c(OC)c1)NCC1(c2cccc(F)c2)CC1.I. The molecule has 0 spiro atoms. The van der Waals surface area contributed by atoms with Crippen molar-refractivity contribution in [2.45, 2.75) is 24.8 Å². The summed E-state index contributed by atoms with van der Waals surface area (Å²) in [5.41, 5.74) is 1.98. The molecule has 164 valence electrons. The molecule has 0 radical (unpaired) electrons. The van der Waals surface area contributed by atoms with Crippen molar-refractivity contribution in [1.82, 2.24) is 10.6 Å². The van der Waals surface area contributed by atoms with Crippen molar-refractivity contribution in [1.29, 1.82) is 0 Å². The molecule has 2 N–H and O–H groups in total. The second-order valence-corrected chi connectivity index (χ2v) is 7.10. The van der Waals surface area contributed by atoms with E-state index in [1.165, 1.54) is 6.07 Å². The van der Waals surface area contributed by atoms with Crippen LogP contribution in [0.3, 0.4) is 0 Å². The largest absolute Gasteiger partial charge is 0.493 e. The van der Waals surface area contributed by atoms with E-state index in [0.29, 0.717) is 36.3 Å². The van der Waals surface area contributed by atoms with Crippen LogP contribution < -0.4 is 24.8 Å². The van der Waals surface area contributed by atoms with E-state index in [1.54, 1.807) is 40.5 Å². The van der Waals surface area contributed by atoms with Crippen LogP contribution in [0.2, 0.25) is 0 Å². The number of aliphatic imine (C=N–C) groups is 1. The molecule has 1 saturated carbocycles. The van der Waals surface area contributed by atoms with Gasteiger partial charge in [0.25, 0.3) is 0 Å². The Morgan fingerprint density at radius 3 is 2.20 bits per heavy atom. The van der Waals surface area contributed by atoms with Crippen LogP contribution in [-0.4, -0.2) is 40.9 Å². The summed E-state index contributed by atoms with van der Waals surface area (Å²) >= 11 is 0. The van der Waals surface area contributed by atoms with Crippen LogP contribution in [0.15, 0.2) is 41.4 Å². The average molecular weight is 529 g/mol. The number of methoxy groups -OCH3 is 3. The fourth-order valence-corrected chi connectivity index (χ4v) is 3.43. The molecule has 0 unspecified atom stereocenters. The summed E-state index contributed by atoms with van der Waals surface area (Å²) in [5.74, 6) is 2.26. The van der Waals surface area contributed by atoms with Gasteiger partial charge in [0.15, 0.2) is 17.5 Å². The van der Waals surface area contributed by atoms with Crippen LogP contribution in [0.25, 0.3) is 0 Å². The minimum atomic E-state index is -0.196. The fraction of sp³-hybridized carbons (Fsp3) is 0.409. The van der Waals surface area contributed by atoms with Crippen molar-refractivity contribution in [2.75, 3.05) is 34.9 Å². The van der Waals surface area contributed by atoms with Crippen molar-refractivity contribution in [3.63, 3.8) is 0 Å². The molecule has 2 aromatic rings. The van der Waals surface area contributed by atoms with Crippen molar-refractivity contribution in [3.05, 3.63) is 53.3 Å². The molecule has 3 rings (SSSR count). The Bertz CT molecular complexity index is 863. The molecule has 0 heterocycles. The summed E-state index contributed by atoms with van der Waals surface area (Å²) < 4.78 is 29.8. The smallest absolute Gasteiger partial charge is 0.203 e. The lowest BCUT2D eigenvalue weighted by Gasteiger charge is -2.19. The van der Waals surface area contributed by atoms with Gasteiger partial charge in [-0.1, -0.05) is 12.1 Å². The van der Waals surface area contributed by atoms with Gasteiger partial charge in [0.1, 0.15) is 5.82 Å². The third kappa shape index (κ3) is 5.47. The lowest BCUT2D eigenvalue weighted by molar-refractivity contribution is 0.323. The van der Waals surface area contributed by atoms with Gasteiger partial charge in [0.2, 0.25) is 5.75 Å². The van der Waals surface area contributed by atoms with E-state index in [0.717, 1.165) is 24.0 Å². The number of hydrogen-bond donors (Lipinski definition) is 2. The highest BCUT2D eigenvalue weighted by atomic mass is 127. The summed E-state index contributed by atoms with van der Waals surface area (Å²) in [6, 6.07) is 10.7. The zero-order valence-corrected chi connectivity index (χ0v) is 20.1. The van der Waals surface area contributed by atoms with Crippen molar-refractivity contribution in [2.24, 2.45) is 4.99 Å². The summed E-state index contributed by atoms with van der Waals surface area (Å²) in [5, 5.41) is 6.67. The monoisotopic (exact) mass is 529 g/mol. The van der Waals surface area contributed by atoms with Crippen molar-refractivity contribution in [3.8, 4) is 17.2 Å². The summed E-state index contributed by atoms with van der Waals surface area (Å²) in [6.45, 7) is 1.23. The molecule has 8 heteroatoms. The Hall–Kier alpha value is -2.23. The molecular formula is C22H29FIN3O3. The van der Waals surface area contributed by atoms with Gasteiger partial charge in [-0.05, 0) is 48.2 Å². The normalized spacial score (nSPS) is 14.4. The maximum absolute atomic E-state index is 13.6. The van der Waals surface area contributed by atoms with Gasteiger partial charge in [-0.15, -0.1) is 24.0 Å². The predicted octanol–water partition coefficient (Wildman–Crippen LogP) is 3.87. The first kappa shape index (κ1) is 24.0. The molecule has 0 atom stereocenters. The minimum absolute atomic E-state index is 0. The zero-order chi connectivity index (χ0) is 20.9. The van der Waals surface area contributed by atoms with Crippen LogP contribution in [-0.2, 0) is 12.0 Å². The number of rotatable bonds is 8. The minimum Gasteiger partial charge on any atom is -0.493 e. The molecule has 1 fully saturated rings. The highest BCUT2D eigenvalue weighted by Crippen LogP contribution is 2.47. The van der Waals surface area contributed by atoms with E-state index < -0.39 is 0 Å². The van der Waals surface area contributed by atoms with E-state index in [-0.39, 0.29) is 35.2 Å². The fourth-order valence-electron chi connectivity index (χ4n) is 3.43. The number of halogens is 2. The first-order valence-corrected chi connectivity index (χ1v) is 9.54. The molecule has 2 aromatic carbocycles. The summed E-state index contributed by atoms with van der Waals surface area (Å²) in [7, 11) is 6.50. The van der Waals surface area contributed by atoms with Gasteiger partial charge in [-0.3, -0.25) is 4.99 Å².